The van der Waals surface area contributed by atoms with Gasteiger partial charge in [-0.1, -0.05) is 40.7 Å². The number of ketones is 1. The highest BCUT2D eigenvalue weighted by Gasteiger charge is 2.69. The number of ether oxygens (including phenoxy) is 2. The number of fused-ring (bicyclic) bond motifs is 5. The van der Waals surface area contributed by atoms with Crippen LogP contribution in [0.4, 0.5) is 0 Å². The fraction of sp³-hybridized carbons (Fsp3) is 0.607. The molecule has 0 radical (unpaired) electrons. The minimum Gasteiger partial charge on any atom is -0.472 e. The van der Waals surface area contributed by atoms with E-state index in [9.17, 15) is 14.4 Å². The number of esters is 2. The second-order valence-corrected chi connectivity index (χ2v) is 11.9. The second kappa shape index (κ2) is 7.19. The molecule has 2 saturated carbocycles. The van der Waals surface area contributed by atoms with Crippen LogP contribution in [0, 0.1) is 33.5 Å². The van der Waals surface area contributed by atoms with Gasteiger partial charge in [0.15, 0.2) is 5.78 Å². The number of cyclic esters (lactones) is 1. The average molecular weight is 467 g/mol. The molecule has 6 nitrogen and oxygen atoms in total. The van der Waals surface area contributed by atoms with E-state index in [1.807, 2.05) is 19.9 Å². The molecule has 0 N–H and O–H groups in total. The third kappa shape index (κ3) is 2.89. The smallest absolute Gasteiger partial charge is 0.331 e. The van der Waals surface area contributed by atoms with E-state index in [4.69, 9.17) is 13.9 Å². The lowest BCUT2D eigenvalue weighted by Crippen LogP contribution is -2.65. The second-order valence-electron chi connectivity index (χ2n) is 11.9. The van der Waals surface area contributed by atoms with Gasteiger partial charge < -0.3 is 13.9 Å². The summed E-state index contributed by atoms with van der Waals surface area (Å²) in [6.45, 7) is 12.0. The first-order valence-electron chi connectivity index (χ1n) is 12.2. The van der Waals surface area contributed by atoms with Gasteiger partial charge in [0.1, 0.15) is 12.2 Å². The molecule has 0 unspecified atom stereocenters. The minimum atomic E-state index is -0.591. The van der Waals surface area contributed by atoms with Gasteiger partial charge in [-0.05, 0) is 54.2 Å². The van der Waals surface area contributed by atoms with E-state index in [0.29, 0.717) is 6.42 Å². The fourth-order valence-electron chi connectivity index (χ4n) is 8.16. The Morgan fingerprint density at radius 3 is 2.50 bits per heavy atom. The average Bonchev–Trinajstić information content (AvgIpc) is 3.28. The molecule has 0 spiro atoms. The van der Waals surface area contributed by atoms with Gasteiger partial charge in [0.2, 0.25) is 0 Å². The van der Waals surface area contributed by atoms with Crippen LogP contribution in [0.3, 0.4) is 0 Å². The molecule has 5 rings (SSSR count). The van der Waals surface area contributed by atoms with Gasteiger partial charge in [0, 0.05) is 34.8 Å². The molecule has 1 aromatic rings. The van der Waals surface area contributed by atoms with Gasteiger partial charge >= 0.3 is 11.9 Å². The minimum absolute atomic E-state index is 0.0186. The van der Waals surface area contributed by atoms with Crippen LogP contribution >= 0.6 is 0 Å². The quantitative estimate of drug-likeness (QED) is 0.547. The number of carbonyl (C=O) groups is 3. The molecule has 0 aromatic carbocycles. The van der Waals surface area contributed by atoms with Gasteiger partial charge in [-0.3, -0.25) is 9.59 Å². The Balaban J connectivity index is 1.70. The van der Waals surface area contributed by atoms with Crippen molar-refractivity contribution in [3.63, 3.8) is 0 Å². The van der Waals surface area contributed by atoms with Crippen LogP contribution in [0.1, 0.15) is 72.5 Å². The number of allylic oxidation sites excluding steroid dienone is 2. The summed E-state index contributed by atoms with van der Waals surface area (Å²) >= 11 is 0. The molecule has 182 valence electrons. The number of carbonyl (C=O) groups excluding carboxylic acids is 3. The number of hydrogen-bond acceptors (Lipinski definition) is 6. The first-order valence-corrected chi connectivity index (χ1v) is 12.2. The van der Waals surface area contributed by atoms with Crippen LogP contribution in [0.25, 0.3) is 0 Å². The van der Waals surface area contributed by atoms with Crippen LogP contribution < -0.4 is 0 Å². The van der Waals surface area contributed by atoms with Crippen LogP contribution in [-0.2, 0) is 23.9 Å². The van der Waals surface area contributed by atoms with Crippen molar-refractivity contribution in [2.45, 2.75) is 73.0 Å². The third-order valence-corrected chi connectivity index (χ3v) is 9.82. The van der Waals surface area contributed by atoms with Crippen molar-refractivity contribution in [2.24, 2.45) is 33.5 Å². The molecule has 2 heterocycles. The summed E-state index contributed by atoms with van der Waals surface area (Å²) in [5.41, 5.74) is -0.0920. The summed E-state index contributed by atoms with van der Waals surface area (Å²) in [5, 5.41) is 0. The largest absolute Gasteiger partial charge is 0.472 e. The summed E-state index contributed by atoms with van der Waals surface area (Å²) in [7, 11) is 0. The first-order chi connectivity index (χ1) is 15.8. The predicted molar refractivity (Wildman–Crippen MR) is 124 cm³/mol. The van der Waals surface area contributed by atoms with Crippen LogP contribution in [0.5, 0.6) is 0 Å². The van der Waals surface area contributed by atoms with E-state index >= 15 is 0 Å². The van der Waals surface area contributed by atoms with E-state index in [1.54, 1.807) is 24.7 Å². The van der Waals surface area contributed by atoms with Crippen molar-refractivity contribution < 1.29 is 28.3 Å². The maximum atomic E-state index is 12.9. The van der Waals surface area contributed by atoms with Crippen molar-refractivity contribution in [3.05, 3.63) is 48.0 Å². The Bertz CT molecular complexity index is 1110. The summed E-state index contributed by atoms with van der Waals surface area (Å²) < 4.78 is 17.3. The first kappa shape index (κ1) is 23.1. The Hall–Kier alpha value is -2.63. The molecule has 7 atom stereocenters. The van der Waals surface area contributed by atoms with Crippen molar-refractivity contribution in [2.75, 3.05) is 0 Å². The van der Waals surface area contributed by atoms with Gasteiger partial charge in [-0.2, -0.15) is 0 Å². The maximum absolute atomic E-state index is 12.9. The maximum Gasteiger partial charge on any atom is 0.331 e. The van der Waals surface area contributed by atoms with Crippen LogP contribution in [0.15, 0.2) is 46.8 Å². The van der Waals surface area contributed by atoms with E-state index in [2.05, 4.69) is 26.8 Å². The SMILES string of the molecule is CC(=O)O[C@@H]1C[C@@H]2C(C)(C)C(=O)C=C[C@@]2(C)[C@@H]2CC[C@@]3(C)C(=CC(=O)O[C@@H]3c3ccoc3)[C@@]12C. The Morgan fingerprint density at radius 1 is 1.12 bits per heavy atom. The molecule has 2 fully saturated rings. The summed E-state index contributed by atoms with van der Waals surface area (Å²) in [6, 6.07) is 1.85. The summed E-state index contributed by atoms with van der Waals surface area (Å²) in [5.74, 6) is -0.515. The zero-order valence-corrected chi connectivity index (χ0v) is 20.8. The van der Waals surface area contributed by atoms with E-state index in [0.717, 1.165) is 24.0 Å². The molecule has 0 bridgehead atoms. The predicted octanol–water partition coefficient (Wildman–Crippen LogP) is 5.35. The third-order valence-electron chi connectivity index (χ3n) is 9.82. The lowest BCUT2D eigenvalue weighted by Gasteiger charge is -2.67. The van der Waals surface area contributed by atoms with Crippen LogP contribution in [-0.4, -0.2) is 23.8 Å². The zero-order chi connectivity index (χ0) is 24.7. The Morgan fingerprint density at radius 2 is 1.85 bits per heavy atom. The number of rotatable bonds is 2. The summed E-state index contributed by atoms with van der Waals surface area (Å²) in [4.78, 5) is 38.1. The molecular weight excluding hydrogens is 432 g/mol. The van der Waals surface area contributed by atoms with Crippen LogP contribution in [0.2, 0.25) is 0 Å². The normalized spacial score (nSPS) is 42.6. The molecule has 1 aromatic heterocycles. The van der Waals surface area contributed by atoms with E-state index < -0.39 is 28.5 Å². The monoisotopic (exact) mass is 466 g/mol. The molecule has 3 aliphatic carbocycles. The molecule has 34 heavy (non-hydrogen) atoms. The zero-order valence-electron chi connectivity index (χ0n) is 20.8. The van der Waals surface area contributed by atoms with Crippen molar-refractivity contribution >= 4 is 17.7 Å². The highest BCUT2D eigenvalue weighted by Crippen LogP contribution is 2.71. The molecule has 0 saturated heterocycles. The number of furan rings is 1. The van der Waals surface area contributed by atoms with Crippen molar-refractivity contribution in [1.82, 2.24) is 0 Å². The molecule has 4 aliphatic rings. The molecular formula is C28H34O6. The van der Waals surface area contributed by atoms with Gasteiger partial charge in [0.05, 0.1) is 12.5 Å². The van der Waals surface area contributed by atoms with Crippen molar-refractivity contribution in [1.29, 1.82) is 0 Å². The topological polar surface area (TPSA) is 82.8 Å². The lowest BCUT2D eigenvalue weighted by molar-refractivity contribution is -0.195. The Labute approximate surface area is 200 Å². The standard InChI is InChI=1S/C28H34O6/c1-16(29)33-22-13-19-25(2,3)21(30)8-11-26(19,4)18-7-10-27(5)20(28(18,22)6)14-23(31)34-24(27)17-9-12-32-15-17/h8-9,11-12,14-15,18-19,22,24H,7,10,13H2,1-6H3/t18-,19+,22+,24+,26-,27-,28-/m0/s1. The van der Waals surface area contributed by atoms with Gasteiger partial charge in [-0.15, -0.1) is 0 Å². The Kier molecular flexibility index (Phi) is 4.89. The number of hydrogen-bond donors (Lipinski definition) is 0. The van der Waals surface area contributed by atoms with E-state index in [-0.39, 0.29) is 35.0 Å². The van der Waals surface area contributed by atoms with Gasteiger partial charge in [0.25, 0.3) is 0 Å². The highest BCUT2D eigenvalue weighted by atomic mass is 16.6. The molecule has 0 amide bonds. The van der Waals surface area contributed by atoms with E-state index in [1.165, 1.54) is 6.92 Å². The highest BCUT2D eigenvalue weighted by molar-refractivity contribution is 5.96. The van der Waals surface area contributed by atoms with Gasteiger partial charge in [-0.25, -0.2) is 4.79 Å². The lowest BCUT2D eigenvalue weighted by atomic mass is 9.38. The fourth-order valence-corrected chi connectivity index (χ4v) is 8.16. The molecule has 6 heteroatoms. The van der Waals surface area contributed by atoms with Crippen molar-refractivity contribution in [3.8, 4) is 0 Å². The summed E-state index contributed by atoms with van der Waals surface area (Å²) in [6.07, 6.45) is 10.0. The molecule has 1 aliphatic heterocycles.